The molecular weight excluding hydrogens is 206 g/mol. The van der Waals surface area contributed by atoms with Gasteiger partial charge >= 0.3 is 5.97 Å². The molecule has 0 spiro atoms. The lowest BCUT2D eigenvalue weighted by Crippen LogP contribution is -2.35. The lowest BCUT2D eigenvalue weighted by molar-refractivity contribution is -0.154. The SMILES string of the molecule is COC(=O)C(O)C1(CCN2CCCC2)CC1. The molecule has 1 N–H and O–H groups in total. The van der Waals surface area contributed by atoms with E-state index in [2.05, 4.69) is 9.64 Å². The van der Waals surface area contributed by atoms with E-state index in [0.29, 0.717) is 0 Å². The third-order valence-electron chi connectivity index (χ3n) is 4.02. The highest BCUT2D eigenvalue weighted by molar-refractivity contribution is 5.75. The van der Waals surface area contributed by atoms with Gasteiger partial charge in [0, 0.05) is 5.41 Å². The minimum Gasteiger partial charge on any atom is -0.467 e. The zero-order valence-corrected chi connectivity index (χ0v) is 9.95. The van der Waals surface area contributed by atoms with Crippen molar-refractivity contribution >= 4 is 5.97 Å². The summed E-state index contributed by atoms with van der Waals surface area (Å²) in [7, 11) is 1.34. The van der Waals surface area contributed by atoms with Gasteiger partial charge in [-0.3, -0.25) is 0 Å². The maximum absolute atomic E-state index is 11.3. The quantitative estimate of drug-likeness (QED) is 0.705. The largest absolute Gasteiger partial charge is 0.467 e. The monoisotopic (exact) mass is 227 g/mol. The smallest absolute Gasteiger partial charge is 0.335 e. The van der Waals surface area contributed by atoms with Crippen LogP contribution in [0.3, 0.4) is 0 Å². The van der Waals surface area contributed by atoms with Crippen LogP contribution in [0.25, 0.3) is 0 Å². The number of methoxy groups -OCH3 is 1. The van der Waals surface area contributed by atoms with Crippen LogP contribution in [0.5, 0.6) is 0 Å². The highest BCUT2D eigenvalue weighted by Crippen LogP contribution is 2.52. The van der Waals surface area contributed by atoms with Crippen LogP contribution >= 0.6 is 0 Å². The molecule has 4 heteroatoms. The van der Waals surface area contributed by atoms with E-state index in [1.54, 1.807) is 0 Å². The topological polar surface area (TPSA) is 49.8 Å². The minimum atomic E-state index is -0.917. The Balaban J connectivity index is 1.81. The zero-order chi connectivity index (χ0) is 11.6. The number of carbonyl (C=O) groups is 1. The molecule has 1 saturated carbocycles. The van der Waals surface area contributed by atoms with E-state index in [9.17, 15) is 9.90 Å². The van der Waals surface area contributed by atoms with Crippen LogP contribution in [0, 0.1) is 5.41 Å². The predicted octanol–water partition coefficient (Wildman–Crippen LogP) is 0.786. The minimum absolute atomic E-state index is 0.171. The van der Waals surface area contributed by atoms with Gasteiger partial charge in [0.15, 0.2) is 6.10 Å². The van der Waals surface area contributed by atoms with E-state index in [-0.39, 0.29) is 5.41 Å². The van der Waals surface area contributed by atoms with Gasteiger partial charge in [-0.1, -0.05) is 0 Å². The van der Waals surface area contributed by atoms with E-state index in [1.807, 2.05) is 0 Å². The van der Waals surface area contributed by atoms with Gasteiger partial charge in [0.2, 0.25) is 0 Å². The number of hydrogen-bond donors (Lipinski definition) is 1. The second-order valence-electron chi connectivity index (χ2n) is 5.09. The molecular formula is C12H21NO3. The van der Waals surface area contributed by atoms with Crippen molar-refractivity contribution in [2.24, 2.45) is 5.41 Å². The average Bonchev–Trinajstić information content (AvgIpc) is 2.92. The maximum Gasteiger partial charge on any atom is 0.335 e. The molecule has 1 saturated heterocycles. The molecule has 0 aromatic carbocycles. The fourth-order valence-electron chi connectivity index (χ4n) is 2.57. The molecule has 16 heavy (non-hydrogen) atoms. The van der Waals surface area contributed by atoms with Crippen molar-refractivity contribution in [3.63, 3.8) is 0 Å². The van der Waals surface area contributed by atoms with Crippen molar-refractivity contribution in [3.05, 3.63) is 0 Å². The molecule has 4 nitrogen and oxygen atoms in total. The van der Waals surface area contributed by atoms with E-state index in [1.165, 1.54) is 33.0 Å². The lowest BCUT2D eigenvalue weighted by Gasteiger charge is -2.23. The number of rotatable bonds is 5. The van der Waals surface area contributed by atoms with Gasteiger partial charge < -0.3 is 14.7 Å². The van der Waals surface area contributed by atoms with Crippen LogP contribution in [0.2, 0.25) is 0 Å². The number of ether oxygens (including phenoxy) is 1. The number of esters is 1. The van der Waals surface area contributed by atoms with Crippen molar-refractivity contribution in [2.75, 3.05) is 26.7 Å². The molecule has 0 bridgehead atoms. The van der Waals surface area contributed by atoms with Crippen LogP contribution < -0.4 is 0 Å². The van der Waals surface area contributed by atoms with Crippen LogP contribution in [-0.2, 0) is 9.53 Å². The first-order valence-electron chi connectivity index (χ1n) is 6.16. The zero-order valence-electron chi connectivity index (χ0n) is 9.95. The molecule has 0 radical (unpaired) electrons. The normalized spacial score (nSPS) is 25.4. The first-order chi connectivity index (χ1) is 7.68. The first kappa shape index (κ1) is 11.9. The number of hydrogen-bond acceptors (Lipinski definition) is 4. The van der Waals surface area contributed by atoms with Crippen molar-refractivity contribution in [2.45, 2.75) is 38.2 Å². The van der Waals surface area contributed by atoms with Crippen LogP contribution in [0.15, 0.2) is 0 Å². The van der Waals surface area contributed by atoms with Gasteiger partial charge in [-0.05, 0) is 51.7 Å². The summed E-state index contributed by atoms with van der Waals surface area (Å²) < 4.78 is 4.61. The molecule has 0 amide bonds. The fraction of sp³-hybridized carbons (Fsp3) is 0.917. The number of nitrogens with zero attached hydrogens (tertiary/aromatic N) is 1. The Kier molecular flexibility index (Phi) is 3.50. The maximum atomic E-state index is 11.3. The second-order valence-corrected chi connectivity index (χ2v) is 5.09. The predicted molar refractivity (Wildman–Crippen MR) is 60.0 cm³/mol. The highest BCUT2D eigenvalue weighted by atomic mass is 16.5. The van der Waals surface area contributed by atoms with Gasteiger partial charge in [0.1, 0.15) is 0 Å². The van der Waals surface area contributed by atoms with Gasteiger partial charge in [-0.2, -0.15) is 0 Å². The standard InChI is InChI=1S/C12H21NO3/c1-16-11(15)10(14)12(4-5-12)6-9-13-7-2-3-8-13/h10,14H,2-9H2,1H3. The molecule has 1 aliphatic carbocycles. The van der Waals surface area contributed by atoms with Gasteiger partial charge in [0.25, 0.3) is 0 Å². The number of likely N-dealkylation sites (tertiary alicyclic amines) is 1. The number of aliphatic hydroxyl groups excluding tert-OH is 1. The first-order valence-corrected chi connectivity index (χ1v) is 6.16. The summed E-state index contributed by atoms with van der Waals surface area (Å²) in [4.78, 5) is 13.7. The summed E-state index contributed by atoms with van der Waals surface area (Å²) >= 11 is 0. The van der Waals surface area contributed by atoms with E-state index < -0.39 is 12.1 Å². The molecule has 2 aliphatic rings. The van der Waals surface area contributed by atoms with Crippen LogP contribution in [0.1, 0.15) is 32.1 Å². The molecule has 0 aromatic heterocycles. The molecule has 2 rings (SSSR count). The molecule has 92 valence electrons. The van der Waals surface area contributed by atoms with Crippen molar-refractivity contribution in [1.29, 1.82) is 0 Å². The second kappa shape index (κ2) is 4.72. The van der Waals surface area contributed by atoms with Crippen LogP contribution in [-0.4, -0.2) is 48.8 Å². The summed E-state index contributed by atoms with van der Waals surface area (Å²) in [6.45, 7) is 3.35. The molecule has 1 atom stereocenters. The lowest BCUT2D eigenvalue weighted by atomic mass is 9.95. The average molecular weight is 227 g/mol. The Morgan fingerprint density at radius 2 is 2.06 bits per heavy atom. The Bertz CT molecular complexity index is 257. The summed E-state index contributed by atoms with van der Waals surface area (Å²) in [5, 5.41) is 9.89. The molecule has 1 unspecified atom stereocenters. The summed E-state index contributed by atoms with van der Waals surface area (Å²) in [5.41, 5.74) is -0.171. The fourth-order valence-corrected chi connectivity index (χ4v) is 2.57. The van der Waals surface area contributed by atoms with Crippen molar-refractivity contribution in [3.8, 4) is 0 Å². The highest BCUT2D eigenvalue weighted by Gasteiger charge is 2.52. The summed E-state index contributed by atoms with van der Waals surface area (Å²) in [6, 6.07) is 0. The van der Waals surface area contributed by atoms with E-state index >= 15 is 0 Å². The molecule has 1 aliphatic heterocycles. The van der Waals surface area contributed by atoms with Crippen molar-refractivity contribution < 1.29 is 14.6 Å². The van der Waals surface area contributed by atoms with Crippen LogP contribution in [0.4, 0.5) is 0 Å². The molecule has 0 aromatic rings. The van der Waals surface area contributed by atoms with E-state index in [4.69, 9.17) is 0 Å². The summed E-state index contributed by atoms with van der Waals surface area (Å²) in [6.07, 6.45) is 4.48. The van der Waals surface area contributed by atoms with Gasteiger partial charge in [-0.15, -0.1) is 0 Å². The van der Waals surface area contributed by atoms with Gasteiger partial charge in [0.05, 0.1) is 7.11 Å². The van der Waals surface area contributed by atoms with E-state index in [0.717, 1.165) is 25.8 Å². The third-order valence-corrected chi connectivity index (χ3v) is 4.02. The molecule has 2 fully saturated rings. The number of carbonyl (C=O) groups excluding carboxylic acids is 1. The van der Waals surface area contributed by atoms with Crippen molar-refractivity contribution in [1.82, 2.24) is 4.90 Å². The Morgan fingerprint density at radius 3 is 2.56 bits per heavy atom. The Labute approximate surface area is 96.6 Å². The Morgan fingerprint density at radius 1 is 1.44 bits per heavy atom. The Hall–Kier alpha value is -0.610. The van der Waals surface area contributed by atoms with Gasteiger partial charge in [-0.25, -0.2) is 4.79 Å². The number of aliphatic hydroxyl groups is 1. The molecule has 1 heterocycles. The third kappa shape index (κ3) is 2.38. The summed E-state index contributed by atoms with van der Waals surface area (Å²) in [5.74, 6) is -0.473.